The minimum Gasteiger partial charge on any atom is -0.489 e. The maximum Gasteiger partial charge on any atom is 0.277 e. The van der Waals surface area contributed by atoms with Gasteiger partial charge in [0.15, 0.2) is 11.4 Å². The minimum atomic E-state index is -0.315. The molecule has 0 fully saturated rings. The molecule has 3 aliphatic rings. The first-order chi connectivity index (χ1) is 20.2. The molecule has 4 aromatic rings. The summed E-state index contributed by atoms with van der Waals surface area (Å²) < 4.78 is 14.4. The third-order valence-corrected chi connectivity index (χ3v) is 8.87. The molecule has 1 unspecified atom stereocenters. The number of fused-ring (bicyclic) bond motifs is 7. The van der Waals surface area contributed by atoms with E-state index in [4.69, 9.17) is 9.47 Å². The van der Waals surface area contributed by atoms with E-state index in [1.54, 1.807) is 18.0 Å². The van der Waals surface area contributed by atoms with Gasteiger partial charge in [-0.3, -0.25) is 19.3 Å². The quantitative estimate of drug-likeness (QED) is 0.306. The molecule has 0 radical (unpaired) electrons. The topological polar surface area (TPSA) is 64.0 Å². The molecule has 206 valence electrons. The van der Waals surface area contributed by atoms with Gasteiger partial charge in [0.05, 0.1) is 0 Å². The maximum atomic E-state index is 14.1. The predicted molar refractivity (Wildman–Crippen MR) is 159 cm³/mol. The Kier molecular flexibility index (Phi) is 6.76. The van der Waals surface area contributed by atoms with Crippen molar-refractivity contribution in [3.05, 3.63) is 135 Å². The molecule has 0 saturated heterocycles. The van der Waals surface area contributed by atoms with E-state index in [9.17, 15) is 9.59 Å². The zero-order chi connectivity index (χ0) is 27.8. The normalized spacial score (nSPS) is 18.4. The summed E-state index contributed by atoms with van der Waals surface area (Å²) in [6, 6.07) is 25.5. The van der Waals surface area contributed by atoms with Crippen molar-refractivity contribution in [2.75, 3.05) is 24.8 Å². The Morgan fingerprint density at radius 2 is 1.78 bits per heavy atom. The van der Waals surface area contributed by atoms with Crippen LogP contribution in [-0.2, 0) is 12.4 Å². The average molecular weight is 564 g/mol. The number of benzene rings is 3. The molecule has 1 atom stereocenters. The number of rotatable bonds is 3. The van der Waals surface area contributed by atoms with Gasteiger partial charge >= 0.3 is 0 Å². The molecular formula is C33H29N3O4S. The zero-order valence-corrected chi connectivity index (χ0v) is 23.3. The van der Waals surface area contributed by atoms with Gasteiger partial charge in [0.1, 0.15) is 31.7 Å². The van der Waals surface area contributed by atoms with Gasteiger partial charge in [0.2, 0.25) is 5.43 Å². The Hall–Kier alpha value is -4.43. The summed E-state index contributed by atoms with van der Waals surface area (Å²) in [7, 11) is 0. The average Bonchev–Trinajstić information content (AvgIpc) is 3.17. The standard InChI is InChI=1S/C33H29N3O4S/c37-26-16-18-35-31(32(26)40-20-23-10-3-1-4-11-23)33(38)34-17-7-2-8-19-39-27-14-9-12-24-21-41-28-15-6-5-13-25(28)30(29(24)27)36(35)22-34/h1-6,8-16,18,30H,7,17,19-22H2/b8-2+. The van der Waals surface area contributed by atoms with E-state index in [0.717, 1.165) is 28.2 Å². The van der Waals surface area contributed by atoms with Crippen molar-refractivity contribution < 1.29 is 14.3 Å². The van der Waals surface area contributed by atoms with Gasteiger partial charge in [-0.1, -0.05) is 72.8 Å². The molecule has 1 amide bonds. The Labute approximate surface area is 242 Å². The van der Waals surface area contributed by atoms with E-state index in [-0.39, 0.29) is 35.4 Å². The molecule has 0 saturated carbocycles. The van der Waals surface area contributed by atoms with E-state index in [2.05, 4.69) is 35.3 Å². The van der Waals surface area contributed by atoms with Gasteiger partial charge in [-0.05, 0) is 35.2 Å². The van der Waals surface area contributed by atoms with Crippen LogP contribution < -0.4 is 19.9 Å². The Balaban J connectivity index is 1.45. The number of carbonyl (C=O) groups is 1. The first kappa shape index (κ1) is 25.5. The second kappa shape index (κ2) is 10.9. The smallest absolute Gasteiger partial charge is 0.277 e. The van der Waals surface area contributed by atoms with Crippen molar-refractivity contribution in [3.63, 3.8) is 0 Å². The number of carbonyl (C=O) groups excluding carboxylic acids is 1. The highest BCUT2D eigenvalue weighted by molar-refractivity contribution is 7.98. The fourth-order valence-electron chi connectivity index (χ4n) is 5.79. The van der Waals surface area contributed by atoms with Crippen molar-refractivity contribution in [1.82, 2.24) is 9.58 Å². The van der Waals surface area contributed by atoms with Crippen molar-refractivity contribution >= 4 is 17.7 Å². The van der Waals surface area contributed by atoms with Crippen molar-refractivity contribution in [1.29, 1.82) is 0 Å². The van der Waals surface area contributed by atoms with Gasteiger partial charge in [0, 0.05) is 35.0 Å². The van der Waals surface area contributed by atoms with E-state index < -0.39 is 0 Å². The van der Waals surface area contributed by atoms with Crippen LogP contribution in [0.15, 0.2) is 107 Å². The van der Waals surface area contributed by atoms with E-state index >= 15 is 0 Å². The van der Waals surface area contributed by atoms with Crippen LogP contribution in [0, 0.1) is 0 Å². The number of nitrogens with zero attached hydrogens (tertiary/aromatic N) is 3. The van der Waals surface area contributed by atoms with Crippen LogP contribution in [-0.4, -0.2) is 35.3 Å². The van der Waals surface area contributed by atoms with Crippen LogP contribution in [0.25, 0.3) is 0 Å². The SMILES string of the molecule is O=C1c2c(OCc3ccccc3)c(=O)ccn2N2CN1CC/C=C/COc1cccc3c1C2c1ccccc1SC3. The summed E-state index contributed by atoms with van der Waals surface area (Å²) in [5.74, 6) is 1.48. The van der Waals surface area contributed by atoms with Gasteiger partial charge in [-0.2, -0.15) is 0 Å². The molecule has 3 aliphatic heterocycles. The molecule has 1 aromatic heterocycles. The number of aromatic nitrogens is 1. The first-order valence-electron chi connectivity index (χ1n) is 13.8. The Morgan fingerprint density at radius 3 is 2.68 bits per heavy atom. The number of thioether (sulfide) groups is 1. The number of ether oxygens (including phenoxy) is 2. The van der Waals surface area contributed by atoms with Gasteiger partial charge in [0.25, 0.3) is 5.91 Å². The molecule has 7 rings (SSSR count). The Bertz CT molecular complexity index is 1700. The Morgan fingerprint density at radius 1 is 0.927 bits per heavy atom. The zero-order valence-electron chi connectivity index (χ0n) is 22.4. The van der Waals surface area contributed by atoms with Crippen LogP contribution in [0.4, 0.5) is 0 Å². The largest absolute Gasteiger partial charge is 0.489 e. The molecule has 41 heavy (non-hydrogen) atoms. The molecule has 7 nitrogen and oxygen atoms in total. The number of pyridine rings is 1. The lowest BCUT2D eigenvalue weighted by atomic mass is 9.93. The number of hydrogen-bond donors (Lipinski definition) is 0. The summed E-state index contributed by atoms with van der Waals surface area (Å²) in [4.78, 5) is 30.3. The third-order valence-electron chi connectivity index (χ3n) is 7.74. The third kappa shape index (κ3) is 4.68. The summed E-state index contributed by atoms with van der Waals surface area (Å²) in [6.45, 7) is 1.49. The fourth-order valence-corrected chi connectivity index (χ4v) is 6.87. The lowest BCUT2D eigenvalue weighted by Crippen LogP contribution is -2.56. The number of amides is 1. The summed E-state index contributed by atoms with van der Waals surface area (Å²) in [5, 5.41) is 2.17. The second-order valence-electron chi connectivity index (χ2n) is 10.3. The van der Waals surface area contributed by atoms with Crippen LogP contribution in [0.5, 0.6) is 11.5 Å². The maximum absolute atomic E-state index is 14.1. The highest BCUT2D eigenvalue weighted by Crippen LogP contribution is 2.46. The van der Waals surface area contributed by atoms with E-state index in [1.807, 2.05) is 64.2 Å². The second-order valence-corrected chi connectivity index (χ2v) is 11.3. The van der Waals surface area contributed by atoms with Crippen LogP contribution in [0.3, 0.4) is 0 Å². The van der Waals surface area contributed by atoms with Crippen molar-refractivity contribution in [3.8, 4) is 11.5 Å². The van der Waals surface area contributed by atoms with Crippen LogP contribution in [0.2, 0.25) is 0 Å². The molecule has 2 bridgehead atoms. The summed E-state index contributed by atoms with van der Waals surface area (Å²) >= 11 is 1.80. The summed E-state index contributed by atoms with van der Waals surface area (Å²) in [6.07, 6.45) is 6.43. The first-order valence-corrected chi connectivity index (χ1v) is 14.8. The van der Waals surface area contributed by atoms with Gasteiger partial charge < -0.3 is 14.4 Å². The molecule has 0 aliphatic carbocycles. The highest BCUT2D eigenvalue weighted by atomic mass is 32.2. The van der Waals surface area contributed by atoms with Gasteiger partial charge in [-0.15, -0.1) is 11.8 Å². The molecule has 3 aromatic carbocycles. The van der Waals surface area contributed by atoms with Crippen molar-refractivity contribution in [2.45, 2.75) is 29.7 Å². The molecular weight excluding hydrogens is 534 g/mol. The monoisotopic (exact) mass is 563 g/mol. The van der Waals surface area contributed by atoms with Crippen LogP contribution in [0.1, 0.15) is 45.2 Å². The molecule has 0 spiro atoms. The van der Waals surface area contributed by atoms with Gasteiger partial charge in [-0.25, -0.2) is 0 Å². The van der Waals surface area contributed by atoms with Crippen molar-refractivity contribution in [2.24, 2.45) is 0 Å². The van der Waals surface area contributed by atoms with E-state index in [0.29, 0.717) is 26.2 Å². The molecule has 4 heterocycles. The lowest BCUT2D eigenvalue weighted by Gasteiger charge is -2.44. The number of hydrogen-bond acceptors (Lipinski definition) is 6. The fraction of sp³-hybridized carbons (Fsp3) is 0.212. The minimum absolute atomic E-state index is 0.0692. The van der Waals surface area contributed by atoms with E-state index in [1.165, 1.54) is 16.5 Å². The molecule has 0 N–H and O–H groups in total. The summed E-state index contributed by atoms with van der Waals surface area (Å²) in [5.41, 5.74) is 4.24. The predicted octanol–water partition coefficient (Wildman–Crippen LogP) is 5.51. The van der Waals surface area contributed by atoms with Crippen LogP contribution >= 0.6 is 11.8 Å². The highest BCUT2D eigenvalue weighted by Gasteiger charge is 2.40. The lowest BCUT2D eigenvalue weighted by molar-refractivity contribution is 0.0679. The molecule has 8 heteroatoms.